The molecule has 1 aliphatic heterocycles. The molecule has 0 aromatic heterocycles. The summed E-state index contributed by atoms with van der Waals surface area (Å²) in [6.07, 6.45) is 12.2. The van der Waals surface area contributed by atoms with Gasteiger partial charge in [0.2, 0.25) is 0 Å². The molecule has 4 saturated carbocycles. The first-order valence-electron chi connectivity index (χ1n) is 17.7. The Morgan fingerprint density at radius 3 is 2.02 bits per heavy atom. The van der Waals surface area contributed by atoms with Crippen molar-refractivity contribution in [2.45, 2.75) is 148 Å². The Hall–Kier alpha value is -1.24. The van der Waals surface area contributed by atoms with Crippen LogP contribution in [0, 0.1) is 45.3 Å². The smallest absolute Gasteiger partial charge is 0.288 e. The Labute approximate surface area is 281 Å². The van der Waals surface area contributed by atoms with Gasteiger partial charge in [0.1, 0.15) is 5.75 Å². The van der Waals surface area contributed by atoms with E-state index >= 15 is 0 Å². The molecule has 1 saturated heterocycles. The van der Waals surface area contributed by atoms with Crippen molar-refractivity contribution in [1.29, 1.82) is 0 Å². The van der Waals surface area contributed by atoms with Gasteiger partial charge in [-0.3, -0.25) is 0 Å². The minimum absolute atomic E-state index is 0.0419. The molecule has 0 spiro atoms. The lowest BCUT2D eigenvalue weighted by Gasteiger charge is -2.69. The van der Waals surface area contributed by atoms with E-state index < -0.39 is 25.9 Å². The first kappa shape index (κ1) is 34.2. The third kappa shape index (κ3) is 4.79. The number of hydrogen-bond donors (Lipinski definition) is 0. The minimum Gasteiger partial charge on any atom is -0.716 e. The molecule has 6 aliphatic rings. The van der Waals surface area contributed by atoms with E-state index in [1.165, 1.54) is 31.7 Å². The summed E-state index contributed by atoms with van der Waals surface area (Å²) in [4.78, 5) is -0.258. The lowest BCUT2D eigenvalue weighted by molar-refractivity contribution is -0.635. The third-order valence-electron chi connectivity index (χ3n) is 15.7. The Kier molecular flexibility index (Phi) is 7.58. The second kappa shape index (κ2) is 10.4. The molecule has 47 heavy (non-hydrogen) atoms. The van der Waals surface area contributed by atoms with E-state index in [-0.39, 0.29) is 49.9 Å². The predicted molar refractivity (Wildman–Crippen MR) is 172 cm³/mol. The zero-order chi connectivity index (χ0) is 34.2. The zero-order valence-corrected chi connectivity index (χ0v) is 30.7. The van der Waals surface area contributed by atoms with Crippen LogP contribution in [0.1, 0.15) is 130 Å². The summed E-state index contributed by atoms with van der Waals surface area (Å²) >= 11 is 0. The first-order chi connectivity index (χ1) is 21.6. The van der Waals surface area contributed by atoms with Crippen LogP contribution in [-0.2, 0) is 41.4 Å². The zero-order valence-electron chi connectivity index (χ0n) is 29.0. The highest BCUT2D eigenvalue weighted by Gasteiger charge is 2.69. The van der Waals surface area contributed by atoms with Gasteiger partial charge in [0.15, 0.2) is 0 Å². The maximum Gasteiger partial charge on any atom is 0.288 e. The predicted octanol–water partition coefficient (Wildman–Crippen LogP) is 6.33. The number of hydrogen-bond acceptors (Lipinski definition) is 9. The van der Waals surface area contributed by atoms with Gasteiger partial charge in [-0.15, -0.1) is 0 Å². The Balaban J connectivity index is 1.27. The average molecular weight is 693 g/mol. The van der Waals surface area contributed by atoms with Crippen molar-refractivity contribution in [2.75, 3.05) is 0 Å². The van der Waals surface area contributed by atoms with E-state index in [0.717, 1.165) is 44.6 Å². The molecular weight excluding hydrogens is 641 g/mol. The Morgan fingerprint density at radius 2 is 1.34 bits per heavy atom. The molecule has 1 aromatic rings. The van der Waals surface area contributed by atoms with Gasteiger partial charge >= 0.3 is 0 Å². The van der Waals surface area contributed by atoms with Crippen LogP contribution in [-0.4, -0.2) is 33.1 Å². The van der Waals surface area contributed by atoms with E-state index in [4.69, 9.17) is 8.92 Å². The molecule has 9 nitrogen and oxygen atoms in total. The fraction of sp³-hybridized carbons (Fsp3) is 0.833. The molecule has 0 amide bonds. The highest BCUT2D eigenvalue weighted by Crippen LogP contribution is 2.74. The van der Waals surface area contributed by atoms with Gasteiger partial charge in [-0.2, -0.15) is 8.42 Å². The van der Waals surface area contributed by atoms with Gasteiger partial charge in [-0.05, 0) is 146 Å². The number of ether oxygens (including phenoxy) is 1. The topological polar surface area (TPSA) is 142 Å². The van der Waals surface area contributed by atoms with Crippen molar-refractivity contribution in [3.8, 4) is 5.75 Å². The average Bonchev–Trinajstić information content (AvgIpc) is 3.21. The lowest BCUT2D eigenvalue weighted by atomic mass is 9.36. The summed E-state index contributed by atoms with van der Waals surface area (Å²) in [5.41, 5.74) is 0.156. The van der Waals surface area contributed by atoms with Gasteiger partial charge in [-0.1, -0.05) is 48.0 Å². The molecule has 0 radical (unpaired) electrons. The monoisotopic (exact) mass is 692 g/mol. The second-order valence-corrected chi connectivity index (χ2v) is 20.7. The van der Waals surface area contributed by atoms with Crippen molar-refractivity contribution >= 4 is 20.5 Å². The van der Waals surface area contributed by atoms with Crippen LogP contribution < -0.4 is 9.44 Å². The summed E-state index contributed by atoms with van der Waals surface area (Å²) in [7, 11) is -9.77. The molecule has 264 valence electrons. The molecule has 0 N–H and O–H groups in total. The largest absolute Gasteiger partial charge is 0.716 e. The molecule has 5 fully saturated rings. The van der Waals surface area contributed by atoms with Crippen molar-refractivity contribution in [2.24, 2.45) is 45.3 Å². The molecular formula is C36H52O9S2-2. The van der Waals surface area contributed by atoms with Gasteiger partial charge in [0, 0.05) is 5.56 Å². The van der Waals surface area contributed by atoms with E-state index in [0.29, 0.717) is 41.7 Å². The third-order valence-corrected chi connectivity index (χ3v) is 17.1. The lowest BCUT2D eigenvalue weighted by Crippen LogP contribution is -2.64. The van der Waals surface area contributed by atoms with Crippen LogP contribution >= 0.6 is 0 Å². The van der Waals surface area contributed by atoms with Crippen LogP contribution in [0.3, 0.4) is 0 Å². The van der Waals surface area contributed by atoms with Crippen LogP contribution in [0.2, 0.25) is 0 Å². The Bertz CT molecular complexity index is 1690. The maximum absolute atomic E-state index is 13.0. The summed E-state index contributed by atoms with van der Waals surface area (Å²) in [6.45, 7) is 16.7. The second-order valence-electron chi connectivity index (χ2n) is 18.2. The van der Waals surface area contributed by atoms with Gasteiger partial charge in [-0.25, -0.2) is 8.42 Å². The quantitative estimate of drug-likeness (QED) is 0.153. The first-order valence-corrected chi connectivity index (χ1v) is 20.4. The van der Waals surface area contributed by atoms with Crippen molar-refractivity contribution < 1.29 is 39.9 Å². The molecule has 11 heteroatoms. The molecule has 0 unspecified atom stereocenters. The van der Waals surface area contributed by atoms with E-state index in [9.17, 15) is 26.6 Å². The normalized spacial score (nSPS) is 45.7. The number of rotatable bonds is 4. The van der Waals surface area contributed by atoms with E-state index in [1.807, 2.05) is 6.92 Å². The van der Waals surface area contributed by atoms with Crippen molar-refractivity contribution in [3.05, 3.63) is 23.3 Å². The van der Waals surface area contributed by atoms with Crippen LogP contribution in [0.15, 0.2) is 17.0 Å². The number of fused-ring (bicyclic) bond motifs is 10. The standard InChI is InChI=1S/C36H54O9S2/c1-31(2)15-8-16-36(7)25(31)11-18-34(5)27-12-17-33(4)26(32(27,3)20-14-29(34)43-36)13-19-35(6)28(33)21-22-23(44-47(40,41)42)9-10-24(30(22)35)46(38,39)45-37/h9-10,25-29,37H,8,11-21H2,1-7H3,(H,40,41,42)/p-2/t25-,26+,27+,28-,29-,32+,33+,34-,35-,36-/m0/s1. The van der Waals surface area contributed by atoms with E-state index in [1.54, 1.807) is 0 Å². The number of benzene rings is 1. The highest BCUT2D eigenvalue weighted by atomic mass is 32.3. The summed E-state index contributed by atoms with van der Waals surface area (Å²) < 4.78 is 77.2. The fourth-order valence-corrected chi connectivity index (χ4v) is 15.1. The Morgan fingerprint density at radius 1 is 0.745 bits per heavy atom. The summed E-state index contributed by atoms with van der Waals surface area (Å²) in [5.74, 6) is 1.19. The van der Waals surface area contributed by atoms with E-state index in [2.05, 4.69) is 45.9 Å². The highest BCUT2D eigenvalue weighted by molar-refractivity contribution is 7.86. The SMILES string of the molecule is CC1(C)CCC[C@]2(C)O[C@H]3CC[C@@]4(C)[C@@H](CC[C@]5(C)[C@@H]4CC[C@]4(C)c6c(S(=O)(=O)O[O-])ccc(OS(=O)(=O)[O-])c6C[C@@H]54)[C@]3(C)CC[C@@H]12. The maximum atomic E-state index is 13.0. The molecule has 0 bridgehead atoms. The molecule has 1 heterocycles. The van der Waals surface area contributed by atoms with Crippen LogP contribution in [0.4, 0.5) is 0 Å². The fourth-order valence-electron chi connectivity index (χ4n) is 13.9. The molecule has 1 aromatic carbocycles. The van der Waals surface area contributed by atoms with Gasteiger partial charge in [0.05, 0.1) is 16.6 Å². The molecule has 5 aliphatic carbocycles. The van der Waals surface area contributed by atoms with Gasteiger partial charge in [0.25, 0.3) is 20.5 Å². The van der Waals surface area contributed by atoms with Crippen LogP contribution in [0.25, 0.3) is 0 Å². The molecule has 10 atom stereocenters. The minimum atomic E-state index is -5.11. The summed E-state index contributed by atoms with van der Waals surface area (Å²) in [5, 5.41) is 11.5. The van der Waals surface area contributed by atoms with Crippen molar-refractivity contribution in [3.63, 3.8) is 0 Å². The molecule has 7 rings (SSSR count). The van der Waals surface area contributed by atoms with Gasteiger partial charge < -0.3 is 23.1 Å². The van der Waals surface area contributed by atoms with Crippen molar-refractivity contribution in [1.82, 2.24) is 0 Å². The summed E-state index contributed by atoms with van der Waals surface area (Å²) in [6, 6.07) is 2.33. The van der Waals surface area contributed by atoms with Crippen LogP contribution in [0.5, 0.6) is 5.75 Å².